The van der Waals surface area contributed by atoms with E-state index in [1.54, 1.807) is 0 Å². The first-order valence-electron chi connectivity index (χ1n) is 7.20. The zero-order valence-electron chi connectivity index (χ0n) is 12.9. The monoisotopic (exact) mass is 266 g/mol. The predicted octanol–water partition coefficient (Wildman–Crippen LogP) is 5.69. The van der Waals surface area contributed by atoms with Crippen molar-refractivity contribution in [3.05, 3.63) is 85.0 Å². The molecule has 0 atom stereocenters. The third-order valence-electron chi connectivity index (χ3n) is 3.79. The van der Waals surface area contributed by atoms with Crippen LogP contribution in [0.4, 0.5) is 0 Å². The van der Waals surface area contributed by atoms with E-state index in [-0.39, 0.29) is 5.41 Å². The first kappa shape index (κ1) is 16.2. The molecule has 0 bridgehead atoms. The lowest BCUT2D eigenvalue weighted by molar-refractivity contribution is 0.550. The van der Waals surface area contributed by atoms with E-state index in [1.807, 2.05) is 18.2 Å². The van der Waals surface area contributed by atoms with Gasteiger partial charge in [-0.05, 0) is 49.8 Å². The summed E-state index contributed by atoms with van der Waals surface area (Å²) in [6.07, 6.45) is 13.1. The van der Waals surface area contributed by atoms with Gasteiger partial charge in [-0.1, -0.05) is 48.6 Å². The summed E-state index contributed by atoms with van der Waals surface area (Å²) in [6.45, 7) is 15.9. The normalized spacial score (nSPS) is 11.5. The molecule has 0 saturated heterocycles. The van der Waals surface area contributed by atoms with Gasteiger partial charge in [0, 0.05) is 5.41 Å². The standard InChI is InChI=1S/C20H26/c1-6-10-18-16-19(12-11-17(18)5)20(13-7-2,14-8-3)15-9-4/h6-9,11-12,15-16H,1-3,10,13-14H2,4-5H3. The quantitative estimate of drug-likeness (QED) is 0.530. The van der Waals surface area contributed by atoms with Crippen molar-refractivity contribution in [2.75, 3.05) is 0 Å². The molecule has 0 aromatic heterocycles. The van der Waals surface area contributed by atoms with Gasteiger partial charge in [0.2, 0.25) is 0 Å². The van der Waals surface area contributed by atoms with Crippen LogP contribution in [-0.2, 0) is 11.8 Å². The third-order valence-corrected chi connectivity index (χ3v) is 3.79. The van der Waals surface area contributed by atoms with Crippen molar-refractivity contribution in [1.82, 2.24) is 0 Å². The molecule has 0 heteroatoms. The average Bonchev–Trinajstić information content (AvgIpc) is 2.42. The lowest BCUT2D eigenvalue weighted by Gasteiger charge is -2.30. The van der Waals surface area contributed by atoms with Gasteiger partial charge in [-0.2, -0.15) is 0 Å². The van der Waals surface area contributed by atoms with Gasteiger partial charge in [-0.15, -0.1) is 19.7 Å². The Bertz CT molecular complexity index is 493. The minimum absolute atomic E-state index is 0.0259. The number of aryl methyl sites for hydroxylation is 1. The van der Waals surface area contributed by atoms with E-state index in [9.17, 15) is 0 Å². The van der Waals surface area contributed by atoms with Crippen LogP contribution in [0.2, 0.25) is 0 Å². The molecule has 1 aromatic carbocycles. The second-order valence-electron chi connectivity index (χ2n) is 5.28. The average molecular weight is 266 g/mol. The number of rotatable bonds is 8. The van der Waals surface area contributed by atoms with E-state index in [1.165, 1.54) is 16.7 Å². The number of benzene rings is 1. The number of hydrogen-bond donors (Lipinski definition) is 0. The van der Waals surface area contributed by atoms with Crippen molar-refractivity contribution in [2.24, 2.45) is 0 Å². The van der Waals surface area contributed by atoms with Gasteiger partial charge in [0.25, 0.3) is 0 Å². The molecule has 1 aromatic rings. The predicted molar refractivity (Wildman–Crippen MR) is 91.2 cm³/mol. The van der Waals surface area contributed by atoms with Gasteiger partial charge in [0.05, 0.1) is 0 Å². The molecule has 0 saturated carbocycles. The summed E-state index contributed by atoms with van der Waals surface area (Å²) in [5.41, 5.74) is 3.97. The summed E-state index contributed by atoms with van der Waals surface area (Å²) in [5, 5.41) is 0. The molecule has 106 valence electrons. The fraction of sp³-hybridized carbons (Fsp3) is 0.300. The maximum absolute atomic E-state index is 3.93. The fourth-order valence-electron chi connectivity index (χ4n) is 2.74. The Labute approximate surface area is 124 Å². The molecule has 0 aliphatic carbocycles. The molecular weight excluding hydrogens is 240 g/mol. The molecule has 0 aliphatic rings. The minimum atomic E-state index is -0.0259. The van der Waals surface area contributed by atoms with Crippen LogP contribution in [0.1, 0.15) is 36.5 Å². The van der Waals surface area contributed by atoms with E-state index in [2.05, 4.69) is 63.9 Å². The molecule has 0 nitrogen and oxygen atoms in total. The summed E-state index contributed by atoms with van der Waals surface area (Å²) < 4.78 is 0. The van der Waals surface area contributed by atoms with Crippen LogP contribution in [0.5, 0.6) is 0 Å². The summed E-state index contributed by atoms with van der Waals surface area (Å²) in [7, 11) is 0. The van der Waals surface area contributed by atoms with Crippen LogP contribution in [0.3, 0.4) is 0 Å². The molecule has 0 N–H and O–H groups in total. The smallest absolute Gasteiger partial charge is 0.0201 e. The third kappa shape index (κ3) is 3.60. The Morgan fingerprint density at radius 1 is 1.05 bits per heavy atom. The lowest BCUT2D eigenvalue weighted by atomic mass is 9.73. The van der Waals surface area contributed by atoms with E-state index < -0.39 is 0 Å². The summed E-state index contributed by atoms with van der Waals surface area (Å²) in [4.78, 5) is 0. The van der Waals surface area contributed by atoms with Gasteiger partial charge in [-0.3, -0.25) is 0 Å². The molecule has 20 heavy (non-hydrogen) atoms. The maximum Gasteiger partial charge on any atom is 0.0201 e. The van der Waals surface area contributed by atoms with Gasteiger partial charge in [0.1, 0.15) is 0 Å². The van der Waals surface area contributed by atoms with Crippen LogP contribution in [-0.4, -0.2) is 0 Å². The van der Waals surface area contributed by atoms with Gasteiger partial charge in [0.15, 0.2) is 0 Å². The zero-order chi connectivity index (χ0) is 15.0. The minimum Gasteiger partial charge on any atom is -0.103 e. The van der Waals surface area contributed by atoms with Crippen molar-refractivity contribution in [3.63, 3.8) is 0 Å². The van der Waals surface area contributed by atoms with Crippen LogP contribution < -0.4 is 0 Å². The molecule has 0 radical (unpaired) electrons. The molecular formula is C20H26. The zero-order valence-corrected chi connectivity index (χ0v) is 12.9. The van der Waals surface area contributed by atoms with E-state index >= 15 is 0 Å². The molecule has 1 rings (SSSR count). The van der Waals surface area contributed by atoms with Crippen LogP contribution in [0.25, 0.3) is 0 Å². The molecule has 0 fully saturated rings. The van der Waals surface area contributed by atoms with E-state index in [0.29, 0.717) is 0 Å². The second kappa shape index (κ2) is 7.69. The van der Waals surface area contributed by atoms with Crippen molar-refractivity contribution in [2.45, 2.75) is 38.5 Å². The van der Waals surface area contributed by atoms with Gasteiger partial charge in [-0.25, -0.2) is 0 Å². The summed E-state index contributed by atoms with van der Waals surface area (Å²) in [5.74, 6) is 0. The first-order valence-corrected chi connectivity index (χ1v) is 7.20. The van der Waals surface area contributed by atoms with Crippen molar-refractivity contribution >= 4 is 0 Å². The van der Waals surface area contributed by atoms with E-state index in [0.717, 1.165) is 19.3 Å². The maximum atomic E-state index is 3.93. The Kier molecular flexibility index (Phi) is 6.24. The Hall–Kier alpha value is -1.82. The summed E-state index contributed by atoms with van der Waals surface area (Å²) in [6, 6.07) is 6.75. The Balaban J connectivity index is 3.38. The second-order valence-corrected chi connectivity index (χ2v) is 5.28. The molecule has 0 heterocycles. The van der Waals surface area contributed by atoms with Crippen LogP contribution in [0, 0.1) is 6.92 Å². The van der Waals surface area contributed by atoms with Crippen molar-refractivity contribution < 1.29 is 0 Å². The first-order chi connectivity index (χ1) is 9.63. The molecule has 0 spiro atoms. The highest BCUT2D eigenvalue weighted by Gasteiger charge is 2.26. The highest BCUT2D eigenvalue weighted by molar-refractivity contribution is 5.40. The van der Waals surface area contributed by atoms with Crippen LogP contribution in [0.15, 0.2) is 68.3 Å². The Morgan fingerprint density at radius 2 is 1.70 bits per heavy atom. The topological polar surface area (TPSA) is 0 Å². The molecule has 0 unspecified atom stereocenters. The lowest BCUT2D eigenvalue weighted by Crippen LogP contribution is -2.22. The highest BCUT2D eigenvalue weighted by Crippen LogP contribution is 2.35. The SMILES string of the molecule is C=CCc1cc(C(C=CC)(CC=C)CC=C)ccc1C. The number of allylic oxidation sites excluding steroid dienone is 5. The fourth-order valence-corrected chi connectivity index (χ4v) is 2.74. The summed E-state index contributed by atoms with van der Waals surface area (Å²) >= 11 is 0. The van der Waals surface area contributed by atoms with Gasteiger partial charge >= 0.3 is 0 Å². The highest BCUT2D eigenvalue weighted by atomic mass is 14.3. The number of hydrogen-bond acceptors (Lipinski definition) is 0. The Morgan fingerprint density at radius 3 is 2.20 bits per heavy atom. The van der Waals surface area contributed by atoms with Crippen molar-refractivity contribution in [1.29, 1.82) is 0 Å². The largest absolute Gasteiger partial charge is 0.103 e. The van der Waals surface area contributed by atoms with E-state index in [4.69, 9.17) is 0 Å². The molecule has 0 aliphatic heterocycles. The molecule has 0 amide bonds. The van der Waals surface area contributed by atoms with Gasteiger partial charge < -0.3 is 0 Å². The van der Waals surface area contributed by atoms with Crippen molar-refractivity contribution in [3.8, 4) is 0 Å². The van der Waals surface area contributed by atoms with Crippen LogP contribution >= 0.6 is 0 Å².